The number of aryl methyl sites for hydroxylation is 2. The second kappa shape index (κ2) is 13.9. The average Bonchev–Trinajstić information content (AvgIpc) is 2.90. The number of para-hydroxylation sites is 1. The van der Waals surface area contributed by atoms with Gasteiger partial charge in [0.15, 0.2) is 0 Å². The molecule has 0 saturated carbocycles. The van der Waals surface area contributed by atoms with Crippen LogP contribution in [0, 0.1) is 13.8 Å². The molecule has 0 radical (unpaired) electrons. The number of likely N-dealkylation sites (N-methyl/N-ethyl adjacent to an activating group) is 1. The van der Waals surface area contributed by atoms with E-state index < -0.39 is 16.1 Å². The molecule has 0 saturated heterocycles. The summed E-state index contributed by atoms with van der Waals surface area (Å²) in [5.74, 6) is -0.398. The Morgan fingerprint density at radius 1 is 0.872 bits per heavy atom. The molecule has 0 aromatic heterocycles. The predicted molar refractivity (Wildman–Crippen MR) is 157 cm³/mol. The van der Waals surface area contributed by atoms with Gasteiger partial charge in [-0.2, -0.15) is 0 Å². The first kappa shape index (κ1) is 29.9. The topological polar surface area (TPSA) is 86.8 Å². The first-order valence-corrected chi connectivity index (χ1v) is 15.2. The summed E-state index contributed by atoms with van der Waals surface area (Å²) >= 11 is 0. The number of rotatable bonds is 13. The maximum atomic E-state index is 13.8. The number of carbonyl (C=O) groups is 2. The van der Waals surface area contributed by atoms with E-state index in [0.717, 1.165) is 22.3 Å². The molecule has 3 aromatic carbocycles. The molecule has 1 N–H and O–H groups in total. The highest BCUT2D eigenvalue weighted by Gasteiger charge is 2.30. The second-order valence-electron chi connectivity index (χ2n) is 9.77. The number of benzene rings is 3. The minimum absolute atomic E-state index is 0.106. The van der Waals surface area contributed by atoms with Crippen LogP contribution >= 0.6 is 0 Å². The van der Waals surface area contributed by atoms with E-state index in [1.807, 2.05) is 87.5 Å². The van der Waals surface area contributed by atoms with Crippen molar-refractivity contribution in [2.24, 2.45) is 0 Å². The first-order valence-electron chi connectivity index (χ1n) is 13.3. The van der Waals surface area contributed by atoms with E-state index in [9.17, 15) is 18.0 Å². The highest BCUT2D eigenvalue weighted by atomic mass is 32.2. The highest BCUT2D eigenvalue weighted by Crippen LogP contribution is 2.23. The van der Waals surface area contributed by atoms with Gasteiger partial charge in [-0.25, -0.2) is 8.42 Å². The third-order valence-corrected chi connectivity index (χ3v) is 7.94. The van der Waals surface area contributed by atoms with E-state index in [0.29, 0.717) is 25.1 Å². The summed E-state index contributed by atoms with van der Waals surface area (Å²) in [6.07, 6.45) is 1.98. The van der Waals surface area contributed by atoms with E-state index in [1.165, 1.54) is 10.6 Å². The largest absolute Gasteiger partial charge is 0.355 e. The van der Waals surface area contributed by atoms with Crippen LogP contribution in [-0.4, -0.2) is 50.5 Å². The van der Waals surface area contributed by atoms with Crippen molar-refractivity contribution >= 4 is 27.5 Å². The van der Waals surface area contributed by atoms with Gasteiger partial charge in [0.25, 0.3) is 0 Å². The van der Waals surface area contributed by atoms with E-state index >= 15 is 0 Å². The van der Waals surface area contributed by atoms with Crippen LogP contribution in [0.5, 0.6) is 0 Å². The van der Waals surface area contributed by atoms with Crippen molar-refractivity contribution in [3.8, 4) is 0 Å². The molecule has 0 fully saturated rings. The predicted octanol–water partition coefficient (Wildman–Crippen LogP) is 4.63. The molecule has 0 heterocycles. The number of nitrogens with zero attached hydrogens (tertiary/aromatic N) is 2. The van der Waals surface area contributed by atoms with E-state index in [4.69, 9.17) is 0 Å². The zero-order valence-corrected chi connectivity index (χ0v) is 24.1. The van der Waals surface area contributed by atoms with Crippen molar-refractivity contribution in [3.63, 3.8) is 0 Å². The molecule has 0 bridgehead atoms. The normalized spacial score (nSPS) is 12.0. The number of nitrogens with one attached hydrogen (secondary N) is 1. The number of sulfonamides is 1. The summed E-state index contributed by atoms with van der Waals surface area (Å²) in [5, 5.41) is 2.90. The number of amides is 2. The van der Waals surface area contributed by atoms with Crippen LogP contribution < -0.4 is 9.62 Å². The van der Waals surface area contributed by atoms with Gasteiger partial charge in [0.1, 0.15) is 6.04 Å². The van der Waals surface area contributed by atoms with Gasteiger partial charge in [-0.1, -0.05) is 72.8 Å². The molecule has 208 valence electrons. The lowest BCUT2D eigenvalue weighted by Crippen LogP contribution is -2.50. The van der Waals surface area contributed by atoms with Crippen molar-refractivity contribution in [3.05, 3.63) is 101 Å². The number of carbonyl (C=O) groups excluding carboxylic acids is 2. The smallest absolute Gasteiger partial charge is 0.243 e. The molecule has 0 unspecified atom stereocenters. The van der Waals surface area contributed by atoms with Crippen LogP contribution in [0.2, 0.25) is 0 Å². The summed E-state index contributed by atoms with van der Waals surface area (Å²) < 4.78 is 26.6. The molecule has 0 spiro atoms. The molecule has 0 aliphatic heterocycles. The Labute approximate surface area is 232 Å². The Kier molecular flexibility index (Phi) is 10.7. The molecule has 39 heavy (non-hydrogen) atoms. The third-order valence-electron chi connectivity index (χ3n) is 6.76. The van der Waals surface area contributed by atoms with Gasteiger partial charge in [0.2, 0.25) is 21.8 Å². The Hall–Kier alpha value is -3.65. The minimum Gasteiger partial charge on any atom is -0.355 e. The molecule has 3 rings (SSSR count). The van der Waals surface area contributed by atoms with Gasteiger partial charge in [-0.05, 0) is 55.5 Å². The first-order chi connectivity index (χ1) is 18.6. The maximum Gasteiger partial charge on any atom is 0.243 e. The summed E-state index contributed by atoms with van der Waals surface area (Å²) in [6.45, 7) is 6.62. The molecule has 2 amide bonds. The monoisotopic (exact) mass is 549 g/mol. The van der Waals surface area contributed by atoms with Crippen molar-refractivity contribution < 1.29 is 18.0 Å². The standard InChI is InChI=1S/C31H39N3O4S/c1-5-32-31(36)29(22-26-16-7-6-8-17-26)33(23-27-18-11-9-14-24(27)2)30(35)20-13-21-34(39(4,37)38)28-19-12-10-15-25(28)3/h6-12,14-19,29H,5,13,20-23H2,1-4H3,(H,32,36)/t29-/m0/s1. The van der Waals surface area contributed by atoms with Gasteiger partial charge >= 0.3 is 0 Å². The van der Waals surface area contributed by atoms with E-state index in [1.54, 1.807) is 17.0 Å². The molecular formula is C31H39N3O4S. The van der Waals surface area contributed by atoms with Gasteiger partial charge in [0.05, 0.1) is 11.9 Å². The van der Waals surface area contributed by atoms with Crippen LogP contribution in [0.3, 0.4) is 0 Å². The number of anilines is 1. The third kappa shape index (κ3) is 8.42. The molecular weight excluding hydrogens is 510 g/mol. The maximum absolute atomic E-state index is 13.8. The molecule has 7 nitrogen and oxygen atoms in total. The lowest BCUT2D eigenvalue weighted by molar-refractivity contribution is -0.141. The van der Waals surface area contributed by atoms with Crippen LogP contribution in [0.15, 0.2) is 78.9 Å². The lowest BCUT2D eigenvalue weighted by atomic mass is 10.0. The Balaban J connectivity index is 1.88. The molecule has 3 aromatic rings. The van der Waals surface area contributed by atoms with Crippen LogP contribution in [-0.2, 0) is 32.6 Å². The fraction of sp³-hybridized carbons (Fsp3) is 0.355. The molecule has 8 heteroatoms. The van der Waals surface area contributed by atoms with Crippen molar-refractivity contribution in [2.45, 2.75) is 52.6 Å². The van der Waals surface area contributed by atoms with Gasteiger partial charge in [0, 0.05) is 32.5 Å². The molecule has 1 atom stereocenters. The minimum atomic E-state index is -3.55. The SMILES string of the molecule is CCNC(=O)[C@H](Cc1ccccc1)N(Cc1ccccc1C)C(=O)CCCN(c1ccccc1C)S(C)(=O)=O. The summed E-state index contributed by atoms with van der Waals surface area (Å²) in [5.41, 5.74) is 4.40. The Bertz CT molecular complexity index is 1360. The van der Waals surface area contributed by atoms with Gasteiger partial charge in [-0.3, -0.25) is 13.9 Å². The van der Waals surface area contributed by atoms with Crippen molar-refractivity contribution in [1.82, 2.24) is 10.2 Å². The van der Waals surface area contributed by atoms with E-state index in [-0.39, 0.29) is 31.3 Å². The van der Waals surface area contributed by atoms with Crippen LogP contribution in [0.25, 0.3) is 0 Å². The zero-order chi connectivity index (χ0) is 28.4. The summed E-state index contributed by atoms with van der Waals surface area (Å²) in [4.78, 5) is 28.8. The van der Waals surface area contributed by atoms with Gasteiger partial charge in [-0.15, -0.1) is 0 Å². The van der Waals surface area contributed by atoms with Crippen LogP contribution in [0.1, 0.15) is 42.0 Å². The molecule has 0 aliphatic rings. The fourth-order valence-electron chi connectivity index (χ4n) is 4.64. The Morgan fingerprint density at radius 3 is 2.10 bits per heavy atom. The van der Waals surface area contributed by atoms with Crippen molar-refractivity contribution in [1.29, 1.82) is 0 Å². The summed E-state index contributed by atoms with van der Waals surface area (Å²) in [7, 11) is -3.55. The Morgan fingerprint density at radius 2 is 1.49 bits per heavy atom. The van der Waals surface area contributed by atoms with E-state index in [2.05, 4.69) is 5.32 Å². The quantitative estimate of drug-likeness (QED) is 0.337. The summed E-state index contributed by atoms with van der Waals surface area (Å²) in [6, 6.07) is 24.1. The second-order valence-corrected chi connectivity index (χ2v) is 11.7. The highest BCUT2D eigenvalue weighted by molar-refractivity contribution is 7.92. The van der Waals surface area contributed by atoms with Crippen molar-refractivity contribution in [2.75, 3.05) is 23.7 Å². The number of hydrogen-bond acceptors (Lipinski definition) is 4. The fourth-order valence-corrected chi connectivity index (χ4v) is 5.67. The van der Waals surface area contributed by atoms with Crippen LogP contribution in [0.4, 0.5) is 5.69 Å². The number of hydrogen-bond donors (Lipinski definition) is 1. The molecule has 0 aliphatic carbocycles. The van der Waals surface area contributed by atoms with Gasteiger partial charge < -0.3 is 10.2 Å². The average molecular weight is 550 g/mol. The zero-order valence-electron chi connectivity index (χ0n) is 23.3. The lowest BCUT2D eigenvalue weighted by Gasteiger charge is -2.32.